The maximum Gasteiger partial charge on any atom is 0.225 e. The van der Waals surface area contributed by atoms with E-state index in [0.717, 1.165) is 30.5 Å². The molecule has 0 unspecified atom stereocenters. The molecule has 22 heavy (non-hydrogen) atoms. The van der Waals surface area contributed by atoms with Crippen molar-refractivity contribution in [2.24, 2.45) is 0 Å². The van der Waals surface area contributed by atoms with Gasteiger partial charge in [-0.25, -0.2) is 4.98 Å². The molecule has 3 heterocycles. The van der Waals surface area contributed by atoms with Crippen molar-refractivity contribution in [2.45, 2.75) is 39.9 Å². The Bertz CT molecular complexity index is 663. The number of hydrogen-bond donors (Lipinski definition) is 0. The van der Waals surface area contributed by atoms with Crippen molar-refractivity contribution < 1.29 is 4.79 Å². The highest BCUT2D eigenvalue weighted by atomic mass is 32.1. The zero-order chi connectivity index (χ0) is 15.7. The zero-order valence-corrected chi connectivity index (χ0v) is 14.1. The lowest BCUT2D eigenvalue weighted by molar-refractivity contribution is -0.116. The topological polar surface area (TPSA) is 41.4 Å². The van der Waals surface area contributed by atoms with E-state index < -0.39 is 0 Å². The molecule has 2 aromatic rings. The van der Waals surface area contributed by atoms with Gasteiger partial charge in [-0.1, -0.05) is 0 Å². The lowest BCUT2D eigenvalue weighted by atomic mass is 10.1. The minimum Gasteiger partial charge on any atom is -0.349 e. The monoisotopic (exact) mass is 318 g/mol. The maximum absolute atomic E-state index is 11.6. The van der Waals surface area contributed by atoms with Crippen LogP contribution in [0, 0.1) is 0 Å². The molecule has 1 aliphatic rings. The molecular formula is C16H22N4OS. The molecule has 3 rings (SSSR count). The van der Waals surface area contributed by atoms with Crippen LogP contribution in [0.3, 0.4) is 0 Å². The van der Waals surface area contributed by atoms with Gasteiger partial charge in [-0.3, -0.25) is 14.6 Å². The van der Waals surface area contributed by atoms with Gasteiger partial charge in [-0.2, -0.15) is 0 Å². The molecule has 1 aliphatic heterocycles. The fraction of sp³-hybridized carbons (Fsp3) is 0.500. The third-order valence-electron chi connectivity index (χ3n) is 4.30. The predicted octanol–water partition coefficient (Wildman–Crippen LogP) is 2.89. The molecule has 1 atom stereocenters. The Morgan fingerprint density at radius 3 is 3.05 bits per heavy atom. The summed E-state index contributed by atoms with van der Waals surface area (Å²) in [7, 11) is 0. The molecule has 0 saturated carbocycles. The standard InChI is InChI=1S/C16H22N4OS/c1-4-20(13(3)21)16-17-14(11-22-16)10-19-9-8-18-7-5-6-15(18)12(19)2/h5-7,11-12H,4,8-10H2,1-3H3/t12-/m1/s1. The molecule has 0 radical (unpaired) electrons. The molecular weight excluding hydrogens is 296 g/mol. The van der Waals surface area contributed by atoms with Gasteiger partial charge in [0.15, 0.2) is 5.13 Å². The van der Waals surface area contributed by atoms with E-state index >= 15 is 0 Å². The van der Waals surface area contributed by atoms with Crippen LogP contribution in [0.5, 0.6) is 0 Å². The predicted molar refractivity (Wildman–Crippen MR) is 89.1 cm³/mol. The van der Waals surface area contributed by atoms with Gasteiger partial charge in [0.25, 0.3) is 0 Å². The summed E-state index contributed by atoms with van der Waals surface area (Å²) in [5, 5.41) is 2.87. The van der Waals surface area contributed by atoms with Crippen LogP contribution in [0.4, 0.5) is 5.13 Å². The SMILES string of the molecule is CCN(C(C)=O)c1nc(CN2CCn3cccc3[C@H]2C)cs1. The van der Waals surface area contributed by atoms with Gasteiger partial charge in [0.2, 0.25) is 5.91 Å². The van der Waals surface area contributed by atoms with Crippen LogP contribution in [-0.2, 0) is 17.9 Å². The van der Waals surface area contributed by atoms with Gasteiger partial charge < -0.3 is 4.57 Å². The summed E-state index contributed by atoms with van der Waals surface area (Å²) in [5.41, 5.74) is 2.41. The van der Waals surface area contributed by atoms with Crippen LogP contribution < -0.4 is 4.90 Å². The van der Waals surface area contributed by atoms with Gasteiger partial charge in [-0.05, 0) is 26.0 Å². The molecule has 0 aromatic carbocycles. The highest BCUT2D eigenvalue weighted by Gasteiger charge is 2.24. The van der Waals surface area contributed by atoms with Gasteiger partial charge in [0, 0.05) is 56.4 Å². The Morgan fingerprint density at radius 1 is 1.50 bits per heavy atom. The first-order valence-corrected chi connectivity index (χ1v) is 8.59. The Morgan fingerprint density at radius 2 is 2.32 bits per heavy atom. The van der Waals surface area contributed by atoms with Crippen molar-refractivity contribution in [3.05, 3.63) is 35.1 Å². The lowest BCUT2D eigenvalue weighted by Gasteiger charge is -2.34. The summed E-state index contributed by atoms with van der Waals surface area (Å²) in [6.07, 6.45) is 2.15. The van der Waals surface area contributed by atoms with Gasteiger partial charge in [0.1, 0.15) is 0 Å². The van der Waals surface area contributed by atoms with E-state index in [1.807, 2.05) is 6.92 Å². The van der Waals surface area contributed by atoms with E-state index in [2.05, 4.69) is 45.1 Å². The maximum atomic E-state index is 11.6. The molecule has 0 saturated heterocycles. The molecule has 0 fully saturated rings. The molecule has 2 aromatic heterocycles. The van der Waals surface area contributed by atoms with Crippen molar-refractivity contribution in [2.75, 3.05) is 18.0 Å². The number of nitrogens with zero attached hydrogens (tertiary/aromatic N) is 4. The first-order chi connectivity index (χ1) is 10.6. The number of hydrogen-bond acceptors (Lipinski definition) is 4. The Hall–Kier alpha value is -1.66. The molecule has 5 nitrogen and oxygen atoms in total. The fourth-order valence-corrected chi connectivity index (χ4v) is 3.96. The smallest absolute Gasteiger partial charge is 0.225 e. The van der Waals surface area contributed by atoms with Gasteiger partial charge in [0.05, 0.1) is 5.69 Å². The van der Waals surface area contributed by atoms with Crippen LogP contribution in [-0.4, -0.2) is 33.4 Å². The van der Waals surface area contributed by atoms with Crippen molar-refractivity contribution in [1.29, 1.82) is 0 Å². The summed E-state index contributed by atoms with van der Waals surface area (Å²) in [6.45, 7) is 9.35. The first-order valence-electron chi connectivity index (χ1n) is 7.71. The van der Waals surface area contributed by atoms with Crippen LogP contribution in [0.1, 0.15) is 38.2 Å². The highest BCUT2D eigenvalue weighted by Crippen LogP contribution is 2.28. The zero-order valence-electron chi connectivity index (χ0n) is 13.3. The lowest BCUT2D eigenvalue weighted by Crippen LogP contribution is -2.36. The number of amides is 1. The number of carbonyl (C=O) groups is 1. The Balaban J connectivity index is 1.72. The third kappa shape index (κ3) is 2.80. The second-order valence-electron chi connectivity index (χ2n) is 5.66. The molecule has 0 bridgehead atoms. The van der Waals surface area contributed by atoms with Crippen LogP contribution in [0.15, 0.2) is 23.7 Å². The quantitative estimate of drug-likeness (QED) is 0.870. The van der Waals surface area contributed by atoms with Gasteiger partial charge >= 0.3 is 0 Å². The molecule has 6 heteroatoms. The van der Waals surface area contributed by atoms with Crippen molar-refractivity contribution in [1.82, 2.24) is 14.5 Å². The van der Waals surface area contributed by atoms with Crippen LogP contribution >= 0.6 is 11.3 Å². The Kier molecular flexibility index (Phi) is 4.31. The van der Waals surface area contributed by atoms with Crippen LogP contribution in [0.25, 0.3) is 0 Å². The Labute approximate surface area is 135 Å². The minimum absolute atomic E-state index is 0.0487. The van der Waals surface area contributed by atoms with Crippen LogP contribution in [0.2, 0.25) is 0 Å². The first kappa shape index (κ1) is 15.2. The average Bonchev–Trinajstić information content (AvgIpc) is 3.12. The second kappa shape index (κ2) is 6.22. The summed E-state index contributed by atoms with van der Waals surface area (Å²) in [5.74, 6) is 0.0487. The fourth-order valence-electron chi connectivity index (χ4n) is 3.04. The van der Waals surface area contributed by atoms with E-state index in [0.29, 0.717) is 12.6 Å². The van der Waals surface area contributed by atoms with Crippen molar-refractivity contribution in [3.8, 4) is 0 Å². The second-order valence-corrected chi connectivity index (χ2v) is 6.49. The van der Waals surface area contributed by atoms with E-state index in [9.17, 15) is 4.79 Å². The molecule has 0 aliphatic carbocycles. The van der Waals surface area contributed by atoms with Gasteiger partial charge in [-0.15, -0.1) is 11.3 Å². The summed E-state index contributed by atoms with van der Waals surface area (Å²) < 4.78 is 2.32. The van der Waals surface area contributed by atoms with Crippen molar-refractivity contribution in [3.63, 3.8) is 0 Å². The van der Waals surface area contributed by atoms with E-state index in [1.54, 1.807) is 23.2 Å². The minimum atomic E-state index is 0.0487. The number of thiazole rings is 1. The highest BCUT2D eigenvalue weighted by molar-refractivity contribution is 7.14. The normalized spacial score (nSPS) is 18.2. The number of anilines is 1. The largest absolute Gasteiger partial charge is 0.349 e. The molecule has 0 N–H and O–H groups in total. The van der Waals surface area contributed by atoms with E-state index in [1.165, 1.54) is 5.69 Å². The summed E-state index contributed by atoms with van der Waals surface area (Å²) >= 11 is 1.55. The molecule has 1 amide bonds. The third-order valence-corrected chi connectivity index (χ3v) is 5.21. The number of carbonyl (C=O) groups excluding carboxylic acids is 1. The number of fused-ring (bicyclic) bond motifs is 1. The summed E-state index contributed by atoms with van der Waals surface area (Å²) in [4.78, 5) is 20.4. The average molecular weight is 318 g/mol. The molecule has 118 valence electrons. The molecule has 0 spiro atoms. The van der Waals surface area contributed by atoms with E-state index in [4.69, 9.17) is 0 Å². The summed E-state index contributed by atoms with van der Waals surface area (Å²) in [6, 6.07) is 4.70. The number of rotatable bonds is 4. The van der Waals surface area contributed by atoms with Crippen molar-refractivity contribution >= 4 is 22.4 Å². The number of aromatic nitrogens is 2. The van der Waals surface area contributed by atoms with E-state index in [-0.39, 0.29) is 5.91 Å².